The molecule has 0 saturated carbocycles. The molecule has 1 atom stereocenters. The average Bonchev–Trinajstić information content (AvgIpc) is 1.98. The molecule has 0 fully saturated rings. The zero-order valence-electron chi connectivity index (χ0n) is 8.11. The van der Waals surface area contributed by atoms with Crippen LogP contribution < -0.4 is 4.72 Å². The van der Waals surface area contributed by atoms with E-state index in [4.69, 9.17) is 10.2 Å². The average molecular weight is 211 g/mol. The van der Waals surface area contributed by atoms with Crippen molar-refractivity contribution in [1.29, 1.82) is 0 Å². The normalized spacial score (nSPS) is 15.8. The van der Waals surface area contributed by atoms with Crippen LogP contribution in [-0.4, -0.2) is 42.6 Å². The van der Waals surface area contributed by atoms with E-state index in [0.717, 1.165) is 0 Å². The van der Waals surface area contributed by atoms with Crippen LogP contribution >= 0.6 is 0 Å². The third-order valence-electron chi connectivity index (χ3n) is 1.53. The van der Waals surface area contributed by atoms with Gasteiger partial charge in [0.05, 0.1) is 17.5 Å². The van der Waals surface area contributed by atoms with Crippen molar-refractivity contribution in [2.75, 3.05) is 13.2 Å². The van der Waals surface area contributed by atoms with Gasteiger partial charge in [0.1, 0.15) is 0 Å². The van der Waals surface area contributed by atoms with Crippen LogP contribution in [0.4, 0.5) is 0 Å². The van der Waals surface area contributed by atoms with Gasteiger partial charge in [-0.05, 0) is 20.8 Å². The second kappa shape index (κ2) is 4.36. The van der Waals surface area contributed by atoms with Gasteiger partial charge in [0.2, 0.25) is 10.0 Å². The minimum atomic E-state index is -3.42. The summed E-state index contributed by atoms with van der Waals surface area (Å²) in [7, 11) is -3.42. The first-order valence-corrected chi connectivity index (χ1v) is 5.47. The van der Waals surface area contributed by atoms with Crippen LogP contribution in [0.15, 0.2) is 0 Å². The number of nitrogens with one attached hydrogen (secondary N) is 1. The molecule has 0 radical (unpaired) electrons. The standard InChI is InChI=1S/C7H17NO4S/c1-7(2,3)13(11,12)8-4-6(10)5-9/h6,8-10H,4-5H2,1-3H3. The second-order valence-electron chi connectivity index (χ2n) is 3.80. The first-order valence-electron chi connectivity index (χ1n) is 3.99. The number of aliphatic hydroxyl groups is 2. The van der Waals surface area contributed by atoms with Crippen molar-refractivity contribution >= 4 is 10.0 Å². The molecule has 80 valence electrons. The molecule has 6 heteroatoms. The summed E-state index contributed by atoms with van der Waals surface area (Å²) >= 11 is 0. The molecule has 0 saturated heterocycles. The Balaban J connectivity index is 4.22. The van der Waals surface area contributed by atoms with Crippen molar-refractivity contribution in [3.05, 3.63) is 0 Å². The van der Waals surface area contributed by atoms with Crippen LogP contribution in [0.25, 0.3) is 0 Å². The van der Waals surface area contributed by atoms with Crippen molar-refractivity contribution in [2.45, 2.75) is 31.6 Å². The first-order chi connectivity index (χ1) is 5.70. The first kappa shape index (κ1) is 12.8. The Morgan fingerprint density at radius 1 is 1.38 bits per heavy atom. The summed E-state index contributed by atoms with van der Waals surface area (Å²) in [5, 5.41) is 17.4. The van der Waals surface area contributed by atoms with E-state index in [0.29, 0.717) is 0 Å². The minimum Gasteiger partial charge on any atom is -0.394 e. The molecule has 0 spiro atoms. The van der Waals surface area contributed by atoms with E-state index in [1.165, 1.54) is 0 Å². The SMILES string of the molecule is CC(C)(C)S(=O)(=O)NCC(O)CO. The molecule has 0 heterocycles. The van der Waals surface area contributed by atoms with Gasteiger partial charge < -0.3 is 10.2 Å². The van der Waals surface area contributed by atoms with Crippen molar-refractivity contribution in [1.82, 2.24) is 4.72 Å². The summed E-state index contributed by atoms with van der Waals surface area (Å²) in [6.07, 6.45) is -1.04. The monoisotopic (exact) mass is 211 g/mol. The lowest BCUT2D eigenvalue weighted by atomic mass is 10.3. The molecule has 0 rings (SSSR count). The highest BCUT2D eigenvalue weighted by molar-refractivity contribution is 7.90. The van der Waals surface area contributed by atoms with Crippen molar-refractivity contribution < 1.29 is 18.6 Å². The van der Waals surface area contributed by atoms with Gasteiger partial charge in [-0.25, -0.2) is 13.1 Å². The number of aliphatic hydroxyl groups excluding tert-OH is 2. The lowest BCUT2D eigenvalue weighted by Gasteiger charge is -2.20. The van der Waals surface area contributed by atoms with E-state index in [-0.39, 0.29) is 6.54 Å². The highest BCUT2D eigenvalue weighted by Crippen LogP contribution is 2.12. The predicted octanol–water partition coefficient (Wildman–Crippen LogP) is -0.942. The molecule has 0 aromatic carbocycles. The third-order valence-corrected chi connectivity index (χ3v) is 3.68. The molecule has 0 aromatic heterocycles. The van der Waals surface area contributed by atoms with Gasteiger partial charge in [0.25, 0.3) is 0 Å². The van der Waals surface area contributed by atoms with E-state index >= 15 is 0 Å². The Bertz CT molecular complexity index is 242. The Morgan fingerprint density at radius 3 is 2.15 bits per heavy atom. The number of hydrogen-bond acceptors (Lipinski definition) is 4. The highest BCUT2D eigenvalue weighted by Gasteiger charge is 2.28. The van der Waals surface area contributed by atoms with Crippen LogP contribution in [0.5, 0.6) is 0 Å². The zero-order chi connectivity index (χ0) is 10.7. The molecular weight excluding hydrogens is 194 g/mol. The summed E-state index contributed by atoms with van der Waals surface area (Å²) in [6, 6.07) is 0. The maximum absolute atomic E-state index is 11.4. The van der Waals surface area contributed by atoms with E-state index in [2.05, 4.69) is 4.72 Å². The van der Waals surface area contributed by atoms with Gasteiger partial charge in [0.15, 0.2) is 0 Å². The largest absolute Gasteiger partial charge is 0.394 e. The summed E-state index contributed by atoms with van der Waals surface area (Å²) in [5.74, 6) is 0. The Hall–Kier alpha value is -0.170. The van der Waals surface area contributed by atoms with Gasteiger partial charge in [-0.3, -0.25) is 0 Å². The number of rotatable bonds is 4. The second-order valence-corrected chi connectivity index (χ2v) is 6.32. The maximum atomic E-state index is 11.4. The summed E-state index contributed by atoms with van der Waals surface area (Å²) in [6.45, 7) is 4.06. The Morgan fingerprint density at radius 2 is 1.85 bits per heavy atom. The molecule has 0 aliphatic heterocycles. The van der Waals surface area contributed by atoms with Crippen molar-refractivity contribution in [2.24, 2.45) is 0 Å². The molecule has 0 amide bonds. The fourth-order valence-electron chi connectivity index (χ4n) is 0.487. The third kappa shape index (κ3) is 4.04. The molecule has 13 heavy (non-hydrogen) atoms. The molecule has 0 bridgehead atoms. The van der Waals surface area contributed by atoms with Crippen molar-refractivity contribution in [3.8, 4) is 0 Å². The number of hydrogen-bond donors (Lipinski definition) is 3. The van der Waals surface area contributed by atoms with Crippen LogP contribution in [0.3, 0.4) is 0 Å². The predicted molar refractivity (Wildman–Crippen MR) is 49.8 cm³/mol. The van der Waals surface area contributed by atoms with Gasteiger partial charge in [-0.1, -0.05) is 0 Å². The minimum absolute atomic E-state index is 0.157. The van der Waals surface area contributed by atoms with E-state index in [1.54, 1.807) is 20.8 Å². The molecule has 0 aliphatic carbocycles. The molecule has 3 N–H and O–H groups in total. The number of sulfonamides is 1. The molecule has 5 nitrogen and oxygen atoms in total. The van der Waals surface area contributed by atoms with Crippen LogP contribution in [0, 0.1) is 0 Å². The zero-order valence-corrected chi connectivity index (χ0v) is 8.93. The summed E-state index contributed by atoms with van der Waals surface area (Å²) < 4.78 is 24.0. The molecule has 0 aromatic rings. The van der Waals surface area contributed by atoms with Gasteiger partial charge in [0, 0.05) is 6.54 Å². The fraction of sp³-hybridized carbons (Fsp3) is 1.00. The van der Waals surface area contributed by atoms with Crippen LogP contribution in [-0.2, 0) is 10.0 Å². The lowest BCUT2D eigenvalue weighted by molar-refractivity contribution is 0.0987. The lowest BCUT2D eigenvalue weighted by Crippen LogP contribution is -2.43. The smallest absolute Gasteiger partial charge is 0.216 e. The van der Waals surface area contributed by atoms with Crippen LogP contribution in [0.1, 0.15) is 20.8 Å². The van der Waals surface area contributed by atoms with Crippen molar-refractivity contribution in [3.63, 3.8) is 0 Å². The van der Waals surface area contributed by atoms with Gasteiger partial charge >= 0.3 is 0 Å². The van der Waals surface area contributed by atoms with Gasteiger partial charge in [-0.2, -0.15) is 0 Å². The summed E-state index contributed by atoms with van der Waals surface area (Å²) in [5.41, 5.74) is 0. The Labute approximate surface area is 78.8 Å². The topological polar surface area (TPSA) is 86.6 Å². The highest BCUT2D eigenvalue weighted by atomic mass is 32.2. The quantitative estimate of drug-likeness (QED) is 0.560. The van der Waals surface area contributed by atoms with Gasteiger partial charge in [-0.15, -0.1) is 0 Å². The maximum Gasteiger partial charge on any atom is 0.216 e. The Kier molecular flexibility index (Phi) is 4.31. The van der Waals surface area contributed by atoms with Crippen LogP contribution in [0.2, 0.25) is 0 Å². The van der Waals surface area contributed by atoms with E-state index in [1.807, 2.05) is 0 Å². The fourth-order valence-corrected chi connectivity index (χ4v) is 1.33. The summed E-state index contributed by atoms with van der Waals surface area (Å²) in [4.78, 5) is 0. The molecule has 1 unspecified atom stereocenters. The van der Waals surface area contributed by atoms with E-state index in [9.17, 15) is 8.42 Å². The van der Waals surface area contributed by atoms with E-state index < -0.39 is 27.5 Å². The molecule has 0 aliphatic rings. The molecular formula is C7H17NO4S.